The molecule has 0 fully saturated rings. The molecule has 0 aliphatic carbocycles. The number of carbonyl (C=O) groups is 1. The van der Waals surface area contributed by atoms with Crippen LogP contribution >= 0.6 is 11.3 Å². The highest BCUT2D eigenvalue weighted by Crippen LogP contribution is 2.36. The molecule has 0 aliphatic heterocycles. The molecule has 0 radical (unpaired) electrons. The molecule has 2 atom stereocenters. The van der Waals surface area contributed by atoms with Gasteiger partial charge in [0.1, 0.15) is 6.10 Å². The van der Waals surface area contributed by atoms with Crippen LogP contribution in [0.5, 0.6) is 0 Å². The lowest BCUT2D eigenvalue weighted by atomic mass is 9.94. The van der Waals surface area contributed by atoms with Gasteiger partial charge in [0.05, 0.1) is 5.92 Å². The van der Waals surface area contributed by atoms with E-state index in [0.29, 0.717) is 6.42 Å². The third kappa shape index (κ3) is 4.32. The Kier molecular flexibility index (Phi) is 5.56. The molecular formula is C15H24O3S. The van der Waals surface area contributed by atoms with Gasteiger partial charge in [-0.2, -0.15) is 0 Å². The first kappa shape index (κ1) is 16.2. The monoisotopic (exact) mass is 284 g/mol. The van der Waals surface area contributed by atoms with Crippen LogP contribution in [0.1, 0.15) is 62.8 Å². The average Bonchev–Trinajstić information content (AvgIpc) is 2.77. The van der Waals surface area contributed by atoms with Crippen molar-refractivity contribution >= 4 is 17.3 Å². The lowest BCUT2D eigenvalue weighted by Crippen LogP contribution is -2.21. The molecule has 0 saturated heterocycles. The second-order valence-corrected chi connectivity index (χ2v) is 7.10. The molecule has 0 amide bonds. The maximum absolute atomic E-state index is 11.3. The fraction of sp³-hybridized carbons (Fsp3) is 0.667. The third-order valence-corrected chi connectivity index (χ3v) is 4.81. The third-order valence-electron chi connectivity index (χ3n) is 3.22. The van der Waals surface area contributed by atoms with Gasteiger partial charge in [-0.15, -0.1) is 11.3 Å². The summed E-state index contributed by atoms with van der Waals surface area (Å²) in [5.74, 6) is -1.61. The summed E-state index contributed by atoms with van der Waals surface area (Å²) in [7, 11) is 0. The number of hydrogen-bond acceptors (Lipinski definition) is 3. The number of thiophene rings is 1. The number of hydrogen-bond donors (Lipinski definition) is 2. The largest absolute Gasteiger partial charge is 0.481 e. The molecule has 0 saturated carbocycles. The molecule has 2 unspecified atom stereocenters. The summed E-state index contributed by atoms with van der Waals surface area (Å²) in [6.45, 7) is 8.36. The number of aliphatic hydroxyl groups excluding tert-OH is 1. The summed E-state index contributed by atoms with van der Waals surface area (Å²) in [6, 6.07) is 3.85. The van der Waals surface area contributed by atoms with Gasteiger partial charge >= 0.3 is 5.97 Å². The van der Waals surface area contributed by atoms with Crippen LogP contribution in [0.2, 0.25) is 0 Å². The predicted molar refractivity (Wildman–Crippen MR) is 78.6 cm³/mol. The van der Waals surface area contributed by atoms with E-state index in [2.05, 4.69) is 20.8 Å². The van der Waals surface area contributed by atoms with Gasteiger partial charge in [0.2, 0.25) is 0 Å². The molecule has 0 spiro atoms. The van der Waals surface area contributed by atoms with Gasteiger partial charge in [-0.25, -0.2) is 0 Å². The highest BCUT2D eigenvalue weighted by Gasteiger charge is 2.29. The summed E-state index contributed by atoms with van der Waals surface area (Å²) in [5, 5.41) is 19.5. The summed E-state index contributed by atoms with van der Waals surface area (Å²) in [5.41, 5.74) is 0.0325. The van der Waals surface area contributed by atoms with Crippen molar-refractivity contribution in [3.63, 3.8) is 0 Å². The molecule has 108 valence electrons. The Hall–Kier alpha value is -0.870. The number of aliphatic carboxylic acids is 1. The van der Waals surface area contributed by atoms with Crippen LogP contribution < -0.4 is 0 Å². The van der Waals surface area contributed by atoms with Crippen LogP contribution in [0.25, 0.3) is 0 Å². The Morgan fingerprint density at radius 2 is 2.00 bits per heavy atom. The minimum absolute atomic E-state index is 0.0325. The highest BCUT2D eigenvalue weighted by molar-refractivity contribution is 7.12. The molecule has 19 heavy (non-hydrogen) atoms. The van der Waals surface area contributed by atoms with Crippen molar-refractivity contribution in [3.05, 3.63) is 21.9 Å². The Morgan fingerprint density at radius 1 is 1.37 bits per heavy atom. The summed E-state index contributed by atoms with van der Waals surface area (Å²) < 4.78 is 0. The second kappa shape index (κ2) is 6.53. The SMILES string of the molecule is CCCCC(C(=O)O)C(O)c1ccc(C(C)(C)C)s1. The molecule has 1 heterocycles. The zero-order valence-corrected chi connectivity index (χ0v) is 13.0. The average molecular weight is 284 g/mol. The lowest BCUT2D eigenvalue weighted by Gasteiger charge is -2.18. The Labute approximate surface area is 119 Å². The van der Waals surface area contributed by atoms with Crippen molar-refractivity contribution < 1.29 is 15.0 Å². The molecule has 1 aromatic heterocycles. The van der Waals surface area contributed by atoms with Gasteiger partial charge in [-0.3, -0.25) is 4.79 Å². The zero-order valence-electron chi connectivity index (χ0n) is 12.1. The summed E-state index contributed by atoms with van der Waals surface area (Å²) in [6.07, 6.45) is 1.39. The van der Waals surface area contributed by atoms with Crippen LogP contribution in [0.15, 0.2) is 12.1 Å². The smallest absolute Gasteiger partial charge is 0.309 e. The first-order chi connectivity index (χ1) is 8.77. The Balaban J connectivity index is 2.87. The maximum atomic E-state index is 11.3. The van der Waals surface area contributed by atoms with E-state index in [1.807, 2.05) is 19.1 Å². The van der Waals surface area contributed by atoms with Gasteiger partial charge in [0.25, 0.3) is 0 Å². The van der Waals surface area contributed by atoms with Crippen molar-refractivity contribution in [2.45, 2.75) is 58.5 Å². The predicted octanol–water partition coefficient (Wildman–Crippen LogP) is 3.97. The maximum Gasteiger partial charge on any atom is 0.309 e. The normalized spacial score (nSPS) is 15.2. The van der Waals surface area contributed by atoms with Crippen LogP contribution in [-0.4, -0.2) is 16.2 Å². The first-order valence-corrected chi connectivity index (χ1v) is 7.60. The van der Waals surface area contributed by atoms with E-state index in [0.717, 1.165) is 17.7 Å². The van der Waals surface area contributed by atoms with E-state index in [4.69, 9.17) is 0 Å². The van der Waals surface area contributed by atoms with Crippen molar-refractivity contribution in [2.24, 2.45) is 5.92 Å². The van der Waals surface area contributed by atoms with Gasteiger partial charge < -0.3 is 10.2 Å². The van der Waals surface area contributed by atoms with Gasteiger partial charge in [-0.1, -0.05) is 40.5 Å². The lowest BCUT2D eigenvalue weighted by molar-refractivity contribution is -0.146. The molecule has 1 rings (SSSR count). The molecule has 2 N–H and O–H groups in total. The van der Waals surface area contributed by atoms with Crippen LogP contribution in [0.4, 0.5) is 0 Å². The fourth-order valence-electron chi connectivity index (χ4n) is 1.95. The topological polar surface area (TPSA) is 57.5 Å². The summed E-state index contributed by atoms with van der Waals surface area (Å²) >= 11 is 1.51. The van der Waals surface area contributed by atoms with Crippen molar-refractivity contribution in [3.8, 4) is 0 Å². The zero-order chi connectivity index (χ0) is 14.6. The minimum atomic E-state index is -0.911. The van der Waals surface area contributed by atoms with E-state index in [-0.39, 0.29) is 5.41 Å². The van der Waals surface area contributed by atoms with Crippen molar-refractivity contribution in [1.82, 2.24) is 0 Å². The van der Waals surface area contributed by atoms with E-state index in [1.165, 1.54) is 16.2 Å². The van der Waals surface area contributed by atoms with Gasteiger partial charge in [0, 0.05) is 9.75 Å². The molecule has 0 aromatic carbocycles. The molecule has 1 aromatic rings. The number of carboxylic acids is 1. The standard InChI is InChI=1S/C15H24O3S/c1-5-6-7-10(14(17)18)13(16)11-8-9-12(19-11)15(2,3)4/h8-10,13,16H,5-7H2,1-4H3,(H,17,18). The molecule has 0 bridgehead atoms. The number of aliphatic hydroxyl groups is 1. The second-order valence-electron chi connectivity index (χ2n) is 5.98. The van der Waals surface area contributed by atoms with E-state index < -0.39 is 18.0 Å². The highest BCUT2D eigenvalue weighted by atomic mass is 32.1. The van der Waals surface area contributed by atoms with Crippen LogP contribution in [0.3, 0.4) is 0 Å². The summed E-state index contributed by atoms with van der Waals surface area (Å²) in [4.78, 5) is 13.2. The van der Waals surface area contributed by atoms with E-state index in [9.17, 15) is 15.0 Å². The van der Waals surface area contributed by atoms with Crippen molar-refractivity contribution in [1.29, 1.82) is 0 Å². The molecule has 0 aliphatic rings. The van der Waals surface area contributed by atoms with Gasteiger partial charge in [0.15, 0.2) is 0 Å². The number of rotatable bonds is 6. The Bertz CT molecular complexity index is 417. The number of unbranched alkanes of at least 4 members (excludes halogenated alkanes) is 1. The van der Waals surface area contributed by atoms with Crippen LogP contribution in [0, 0.1) is 5.92 Å². The first-order valence-electron chi connectivity index (χ1n) is 6.78. The Morgan fingerprint density at radius 3 is 2.42 bits per heavy atom. The van der Waals surface area contributed by atoms with Crippen LogP contribution in [-0.2, 0) is 10.2 Å². The minimum Gasteiger partial charge on any atom is -0.481 e. The number of carboxylic acid groups (broad SMARTS) is 1. The van der Waals surface area contributed by atoms with E-state index >= 15 is 0 Å². The molecule has 4 heteroatoms. The molecular weight excluding hydrogens is 260 g/mol. The van der Waals surface area contributed by atoms with Gasteiger partial charge in [-0.05, 0) is 24.0 Å². The quantitative estimate of drug-likeness (QED) is 0.831. The molecule has 3 nitrogen and oxygen atoms in total. The fourth-order valence-corrected chi connectivity index (χ4v) is 3.07. The van der Waals surface area contributed by atoms with E-state index in [1.54, 1.807) is 0 Å². The van der Waals surface area contributed by atoms with Crippen molar-refractivity contribution in [2.75, 3.05) is 0 Å².